The number of benzene rings is 4. The average molecular weight is 412 g/mol. The molecule has 0 atom stereocenters. The molecule has 152 valence electrons. The lowest BCUT2D eigenvalue weighted by Gasteiger charge is -2.24. The van der Waals surface area contributed by atoms with Crippen molar-refractivity contribution in [3.05, 3.63) is 109 Å². The third-order valence-electron chi connectivity index (χ3n) is 6.54. The Morgan fingerprint density at radius 1 is 0.562 bits per heavy atom. The second-order valence-corrected chi connectivity index (χ2v) is 8.42. The maximum absolute atomic E-state index is 4.40. The van der Waals surface area contributed by atoms with Gasteiger partial charge in [-0.1, -0.05) is 72.8 Å². The molecule has 1 aliphatic rings. The van der Waals surface area contributed by atoms with Crippen LogP contribution in [0.1, 0.15) is 5.56 Å². The van der Waals surface area contributed by atoms with E-state index in [1.54, 1.807) is 0 Å². The van der Waals surface area contributed by atoms with Crippen LogP contribution in [0.4, 0.5) is 0 Å². The van der Waals surface area contributed by atoms with Crippen LogP contribution in [0.5, 0.6) is 0 Å². The first-order valence-electron chi connectivity index (χ1n) is 11.0. The van der Waals surface area contributed by atoms with Gasteiger partial charge in [-0.3, -0.25) is 4.98 Å². The molecule has 32 heavy (non-hydrogen) atoms. The molecule has 0 N–H and O–H groups in total. The van der Waals surface area contributed by atoms with Gasteiger partial charge in [-0.25, -0.2) is 0 Å². The zero-order chi connectivity index (χ0) is 21.7. The van der Waals surface area contributed by atoms with E-state index in [-0.39, 0.29) is 0 Å². The van der Waals surface area contributed by atoms with Crippen molar-refractivity contribution in [1.29, 1.82) is 0 Å². The molecule has 0 saturated heterocycles. The molecule has 1 heterocycles. The second-order valence-electron chi connectivity index (χ2n) is 8.42. The van der Waals surface area contributed by atoms with Crippen LogP contribution < -0.4 is 4.57 Å². The van der Waals surface area contributed by atoms with Gasteiger partial charge in [0.15, 0.2) is 6.20 Å². The van der Waals surface area contributed by atoms with Gasteiger partial charge in [-0.2, -0.15) is 4.57 Å². The highest BCUT2D eigenvalue weighted by Gasteiger charge is 2.24. The predicted molar refractivity (Wildman–Crippen MR) is 131 cm³/mol. The third kappa shape index (κ3) is 2.80. The molecule has 0 aliphatic heterocycles. The molecule has 0 unspecified atom stereocenters. The van der Waals surface area contributed by atoms with Crippen LogP contribution in [-0.2, 0) is 7.05 Å². The summed E-state index contributed by atoms with van der Waals surface area (Å²) in [6.45, 7) is 2.20. The monoisotopic (exact) mass is 411 g/mol. The summed E-state index contributed by atoms with van der Waals surface area (Å²) in [5.74, 6) is 0. The lowest BCUT2D eigenvalue weighted by Crippen LogP contribution is -2.30. The lowest BCUT2D eigenvalue weighted by atomic mass is 9.79. The molecule has 6 rings (SSSR count). The largest absolute Gasteiger partial charge is 0.252 e. The molecule has 0 fully saturated rings. The van der Waals surface area contributed by atoms with Gasteiger partial charge in [0.05, 0.1) is 18.0 Å². The zero-order valence-corrected chi connectivity index (χ0v) is 18.2. The van der Waals surface area contributed by atoms with Crippen molar-refractivity contribution < 1.29 is 4.57 Å². The number of aryl methyl sites for hydroxylation is 2. The number of hydrogen-bond donors (Lipinski definition) is 0. The van der Waals surface area contributed by atoms with E-state index in [2.05, 4.69) is 108 Å². The molecule has 0 saturated carbocycles. The molecule has 0 spiro atoms. The van der Waals surface area contributed by atoms with E-state index in [1.165, 1.54) is 55.6 Å². The third-order valence-corrected chi connectivity index (χ3v) is 6.54. The normalized spacial score (nSPS) is 11.4. The van der Waals surface area contributed by atoms with Crippen molar-refractivity contribution in [2.24, 2.45) is 7.05 Å². The molecule has 0 bridgehead atoms. The van der Waals surface area contributed by atoms with E-state index < -0.39 is 0 Å². The van der Waals surface area contributed by atoms with Crippen LogP contribution in [-0.4, -0.2) is 4.98 Å². The molecule has 5 aromatic rings. The van der Waals surface area contributed by atoms with Crippen LogP contribution in [0.2, 0.25) is 0 Å². The molecule has 4 aromatic carbocycles. The van der Waals surface area contributed by atoms with E-state index in [0.717, 1.165) is 5.69 Å². The van der Waals surface area contributed by atoms with Crippen LogP contribution >= 0.6 is 0 Å². The Hall–Kier alpha value is -4.04. The summed E-state index contributed by atoms with van der Waals surface area (Å²) < 4.78 is 2.14. The summed E-state index contributed by atoms with van der Waals surface area (Å²) >= 11 is 0. The smallest absolute Gasteiger partial charge is 0.231 e. The van der Waals surface area contributed by atoms with E-state index >= 15 is 0 Å². The summed E-state index contributed by atoms with van der Waals surface area (Å²) in [7, 11) is 2.08. The highest BCUT2D eigenvalue weighted by molar-refractivity contribution is 6.03. The van der Waals surface area contributed by atoms with Gasteiger partial charge < -0.3 is 0 Å². The molecule has 2 heteroatoms. The minimum absolute atomic E-state index is 1.11. The van der Waals surface area contributed by atoms with Crippen LogP contribution in [0.25, 0.3) is 55.8 Å². The average Bonchev–Trinajstić information content (AvgIpc) is 2.84. The van der Waals surface area contributed by atoms with Crippen molar-refractivity contribution in [3.63, 3.8) is 0 Å². The highest BCUT2D eigenvalue weighted by Crippen LogP contribution is 2.48. The minimum atomic E-state index is 1.11. The van der Waals surface area contributed by atoms with Crippen LogP contribution in [0, 0.1) is 6.92 Å². The fourth-order valence-corrected chi connectivity index (χ4v) is 4.97. The predicted octanol–water partition coefficient (Wildman–Crippen LogP) is 6.86. The SMILES string of the molecule is Cc1cc2c(cc1-c1cncc[n+]1C)-c1ccccc1-c1ccccc1-c1ccccc1-2. The maximum Gasteiger partial charge on any atom is 0.231 e. The molecule has 1 aliphatic carbocycles. The Morgan fingerprint density at radius 3 is 1.47 bits per heavy atom. The minimum Gasteiger partial charge on any atom is -0.252 e. The maximum atomic E-state index is 4.40. The Balaban J connectivity index is 1.76. The number of rotatable bonds is 1. The van der Waals surface area contributed by atoms with Gasteiger partial charge in [-0.05, 0) is 69.1 Å². The Labute approximate surface area is 188 Å². The van der Waals surface area contributed by atoms with Gasteiger partial charge in [0.1, 0.15) is 7.05 Å². The quantitative estimate of drug-likeness (QED) is 0.270. The standard InChI is InChI=1S/C30H23N2/c1-20-17-28-25-13-7-5-11-23(25)21-9-3-4-10-22(21)24-12-6-8-14-26(24)29(28)18-27(20)30-19-31-15-16-32(30)2/h3-19H,1-2H3/q+1. The lowest BCUT2D eigenvalue weighted by molar-refractivity contribution is -0.660. The van der Waals surface area contributed by atoms with E-state index in [1.807, 2.05) is 18.6 Å². The molecule has 2 nitrogen and oxygen atoms in total. The van der Waals surface area contributed by atoms with Crippen molar-refractivity contribution in [2.45, 2.75) is 6.92 Å². The summed E-state index contributed by atoms with van der Waals surface area (Å²) in [6.07, 6.45) is 5.78. The first-order chi connectivity index (χ1) is 15.7. The Kier molecular flexibility index (Phi) is 4.26. The molecule has 0 radical (unpaired) electrons. The summed E-state index contributed by atoms with van der Waals surface area (Å²) in [5, 5.41) is 0. The number of aromatic nitrogens is 2. The van der Waals surface area contributed by atoms with Crippen LogP contribution in [0.3, 0.4) is 0 Å². The van der Waals surface area contributed by atoms with Gasteiger partial charge >= 0.3 is 0 Å². The summed E-state index contributed by atoms with van der Waals surface area (Å²) in [5.41, 5.74) is 13.7. The van der Waals surface area contributed by atoms with Gasteiger partial charge in [0.25, 0.3) is 0 Å². The Morgan fingerprint density at radius 2 is 1.00 bits per heavy atom. The van der Waals surface area contributed by atoms with Gasteiger partial charge in [0, 0.05) is 0 Å². The summed E-state index contributed by atoms with van der Waals surface area (Å²) in [4.78, 5) is 4.40. The Bertz CT molecular complexity index is 1500. The van der Waals surface area contributed by atoms with Crippen molar-refractivity contribution in [1.82, 2.24) is 4.98 Å². The summed E-state index contributed by atoms with van der Waals surface area (Å²) in [6, 6.07) is 31.0. The van der Waals surface area contributed by atoms with Crippen molar-refractivity contribution in [3.8, 4) is 55.8 Å². The molecular formula is C30H23N2+. The number of hydrogen-bond acceptors (Lipinski definition) is 1. The highest BCUT2D eigenvalue weighted by atomic mass is 14.9. The molecule has 0 amide bonds. The van der Waals surface area contributed by atoms with Crippen LogP contribution in [0.15, 0.2) is 104 Å². The first kappa shape index (κ1) is 18.7. The fourth-order valence-electron chi connectivity index (χ4n) is 4.97. The molecule has 1 aromatic heterocycles. The van der Waals surface area contributed by atoms with E-state index in [9.17, 15) is 0 Å². The topological polar surface area (TPSA) is 16.8 Å². The van der Waals surface area contributed by atoms with Crippen molar-refractivity contribution in [2.75, 3.05) is 0 Å². The van der Waals surface area contributed by atoms with E-state index in [4.69, 9.17) is 0 Å². The van der Waals surface area contributed by atoms with Crippen molar-refractivity contribution >= 4 is 0 Å². The van der Waals surface area contributed by atoms with Gasteiger partial charge in [0.2, 0.25) is 5.69 Å². The van der Waals surface area contributed by atoms with E-state index in [0.29, 0.717) is 0 Å². The zero-order valence-electron chi connectivity index (χ0n) is 18.2. The number of fused-ring (bicyclic) bond motifs is 8. The number of nitrogens with zero attached hydrogens (tertiary/aromatic N) is 2. The second kappa shape index (κ2) is 7.28. The molecular weight excluding hydrogens is 388 g/mol. The fraction of sp³-hybridized carbons (Fsp3) is 0.0667. The van der Waals surface area contributed by atoms with Gasteiger partial charge in [-0.15, -0.1) is 0 Å². The first-order valence-corrected chi connectivity index (χ1v) is 11.0.